The molecule has 1 atom stereocenters. The maximum atomic E-state index is 13.1. The first-order valence-electron chi connectivity index (χ1n) is 8.56. The van der Waals surface area contributed by atoms with E-state index in [1.165, 1.54) is 24.1 Å². The number of carbonyl (C=O) groups excluding carboxylic acids is 1. The molecule has 0 N–H and O–H groups in total. The Morgan fingerprint density at radius 1 is 1.07 bits per heavy atom. The lowest BCUT2D eigenvalue weighted by atomic mass is 9.93. The summed E-state index contributed by atoms with van der Waals surface area (Å²) in [5, 5.41) is 9.75. The van der Waals surface area contributed by atoms with Crippen LogP contribution < -0.4 is 4.90 Å². The highest BCUT2D eigenvalue weighted by Crippen LogP contribution is 2.39. The van der Waals surface area contributed by atoms with Gasteiger partial charge in [-0.15, -0.1) is 0 Å². The number of carbonyl (C=O) groups is 1. The van der Waals surface area contributed by atoms with E-state index < -0.39 is 23.8 Å². The van der Waals surface area contributed by atoms with E-state index in [1.54, 1.807) is 6.92 Å². The molecular weight excluding hydrogens is 367 g/mol. The molecule has 1 aliphatic rings. The summed E-state index contributed by atoms with van der Waals surface area (Å²) < 4.78 is 39.3. The Hall–Kier alpha value is -3.27. The molecule has 144 valence electrons. The molecule has 1 aliphatic heterocycles. The van der Waals surface area contributed by atoms with Gasteiger partial charge in [0.2, 0.25) is 0 Å². The summed E-state index contributed by atoms with van der Waals surface area (Å²) in [5.74, 6) is 0. The minimum Gasteiger partial charge on any atom is -0.315 e. The molecule has 2 amide bonds. The highest BCUT2D eigenvalue weighted by Gasteiger charge is 2.38. The van der Waals surface area contributed by atoms with Gasteiger partial charge in [-0.25, -0.2) is 4.79 Å². The Morgan fingerprint density at radius 2 is 1.71 bits per heavy atom. The predicted molar refractivity (Wildman–Crippen MR) is 99.3 cm³/mol. The molecule has 0 bridgehead atoms. The minimum atomic E-state index is -4.53. The quantitative estimate of drug-likeness (QED) is 0.693. The number of hydrogen-bond donors (Lipinski definition) is 0. The maximum Gasteiger partial charge on any atom is 0.416 e. The van der Waals surface area contributed by atoms with E-state index in [4.69, 9.17) is 0 Å². The molecule has 28 heavy (non-hydrogen) atoms. The van der Waals surface area contributed by atoms with Gasteiger partial charge in [0.1, 0.15) is 0 Å². The molecule has 2 aromatic rings. The van der Waals surface area contributed by atoms with E-state index in [1.807, 2.05) is 31.2 Å². The number of urea groups is 1. The first-order valence-corrected chi connectivity index (χ1v) is 8.56. The topological polar surface area (TPSA) is 47.3 Å². The van der Waals surface area contributed by atoms with Crippen LogP contribution in [0.15, 0.2) is 59.8 Å². The van der Waals surface area contributed by atoms with E-state index in [0.29, 0.717) is 11.3 Å². The highest BCUT2D eigenvalue weighted by atomic mass is 19.4. The van der Waals surface area contributed by atoms with Gasteiger partial charge in [0.15, 0.2) is 0 Å². The van der Waals surface area contributed by atoms with Crippen LogP contribution in [-0.4, -0.2) is 18.0 Å². The summed E-state index contributed by atoms with van der Waals surface area (Å²) in [6.07, 6.45) is -4.53. The summed E-state index contributed by atoms with van der Waals surface area (Å²) in [6.45, 7) is 3.51. The maximum absolute atomic E-state index is 13.1. The Balaban J connectivity index is 2.13. The standard InChI is InChI=1S/C21H18F3N3O/c1-13-7-9-15(10-8-13)19-18(12-25)14(2)27(20(28)26(19)3)17-6-4-5-16(11-17)21(22,23)24/h4-11,19H,1-3H3/t19-/m1/s1. The Labute approximate surface area is 161 Å². The average molecular weight is 385 g/mol. The lowest BCUT2D eigenvalue weighted by Crippen LogP contribution is -2.47. The Kier molecular flexibility index (Phi) is 4.90. The highest BCUT2D eigenvalue weighted by molar-refractivity contribution is 5.97. The van der Waals surface area contributed by atoms with E-state index in [-0.39, 0.29) is 5.69 Å². The summed E-state index contributed by atoms with van der Waals surface area (Å²) in [7, 11) is 1.54. The van der Waals surface area contributed by atoms with Crippen LogP contribution in [-0.2, 0) is 6.18 Å². The fraction of sp³-hybridized carbons (Fsp3) is 0.238. The van der Waals surface area contributed by atoms with Crippen LogP contribution in [0.2, 0.25) is 0 Å². The van der Waals surface area contributed by atoms with Crippen LogP contribution in [0, 0.1) is 18.3 Å². The number of anilines is 1. The van der Waals surface area contributed by atoms with Gasteiger partial charge in [0.25, 0.3) is 0 Å². The monoisotopic (exact) mass is 385 g/mol. The van der Waals surface area contributed by atoms with Crippen molar-refractivity contribution in [3.63, 3.8) is 0 Å². The fourth-order valence-electron chi connectivity index (χ4n) is 3.33. The third-order valence-corrected chi connectivity index (χ3v) is 4.82. The van der Waals surface area contributed by atoms with Crippen molar-refractivity contribution in [3.8, 4) is 6.07 Å². The molecule has 0 fully saturated rings. The van der Waals surface area contributed by atoms with Crippen LogP contribution >= 0.6 is 0 Å². The van der Waals surface area contributed by atoms with Crippen LogP contribution in [0.5, 0.6) is 0 Å². The number of halogens is 3. The number of rotatable bonds is 2. The molecule has 3 rings (SSSR count). The van der Waals surface area contributed by atoms with Gasteiger partial charge in [-0.1, -0.05) is 35.9 Å². The molecular formula is C21H18F3N3O. The van der Waals surface area contributed by atoms with Crippen LogP contribution in [0.3, 0.4) is 0 Å². The number of amides is 2. The number of nitrogens with zero attached hydrogens (tertiary/aromatic N) is 3. The minimum absolute atomic E-state index is 0.0688. The third kappa shape index (κ3) is 3.33. The predicted octanol–water partition coefficient (Wildman–Crippen LogP) is 5.42. The van der Waals surface area contributed by atoms with Gasteiger partial charge in [-0.3, -0.25) is 4.90 Å². The zero-order chi connectivity index (χ0) is 20.6. The van der Waals surface area contributed by atoms with Gasteiger partial charge in [-0.2, -0.15) is 18.4 Å². The summed E-state index contributed by atoms with van der Waals surface area (Å²) >= 11 is 0. The molecule has 0 spiro atoms. The molecule has 0 saturated carbocycles. The molecule has 0 aliphatic carbocycles. The molecule has 0 radical (unpaired) electrons. The second kappa shape index (κ2) is 7.04. The van der Waals surface area contributed by atoms with Crippen LogP contribution in [0.4, 0.5) is 23.7 Å². The van der Waals surface area contributed by atoms with Gasteiger partial charge < -0.3 is 4.90 Å². The fourth-order valence-corrected chi connectivity index (χ4v) is 3.33. The molecule has 1 heterocycles. The number of hydrogen-bond acceptors (Lipinski definition) is 2. The molecule has 4 nitrogen and oxygen atoms in total. The molecule has 7 heteroatoms. The number of alkyl halides is 3. The third-order valence-electron chi connectivity index (χ3n) is 4.82. The van der Waals surface area contributed by atoms with E-state index in [9.17, 15) is 23.2 Å². The van der Waals surface area contributed by atoms with E-state index in [2.05, 4.69) is 6.07 Å². The van der Waals surface area contributed by atoms with Crippen molar-refractivity contribution < 1.29 is 18.0 Å². The van der Waals surface area contributed by atoms with Crippen LogP contribution in [0.1, 0.15) is 29.7 Å². The van der Waals surface area contributed by atoms with Crippen molar-refractivity contribution in [3.05, 3.63) is 76.5 Å². The van der Waals surface area contributed by atoms with Gasteiger partial charge >= 0.3 is 12.2 Å². The number of likely N-dealkylation sites (N-methyl/N-ethyl adjacent to an activating group) is 1. The number of allylic oxidation sites excluding steroid dienone is 1. The first kappa shape index (κ1) is 19.5. The SMILES string of the molecule is CC1=C(C#N)[C@@H](c2ccc(C)cc2)N(C)C(=O)N1c1cccc(C(F)(F)F)c1. The zero-order valence-corrected chi connectivity index (χ0v) is 15.6. The number of nitriles is 1. The molecule has 0 saturated heterocycles. The summed E-state index contributed by atoms with van der Waals surface area (Å²) in [5.41, 5.74) is 1.64. The number of benzene rings is 2. The van der Waals surface area contributed by atoms with E-state index in [0.717, 1.165) is 28.2 Å². The van der Waals surface area contributed by atoms with Gasteiger partial charge in [0.05, 0.1) is 28.9 Å². The summed E-state index contributed by atoms with van der Waals surface area (Å²) in [6, 6.07) is 13.0. The van der Waals surface area contributed by atoms with Crippen molar-refractivity contribution in [2.45, 2.75) is 26.1 Å². The molecule has 0 aromatic heterocycles. The Morgan fingerprint density at radius 3 is 2.29 bits per heavy atom. The van der Waals surface area contributed by atoms with Crippen molar-refractivity contribution in [2.75, 3.05) is 11.9 Å². The average Bonchev–Trinajstić information content (AvgIpc) is 2.65. The van der Waals surface area contributed by atoms with Gasteiger partial charge in [0, 0.05) is 12.7 Å². The Bertz CT molecular complexity index is 987. The van der Waals surface area contributed by atoms with Crippen molar-refractivity contribution in [2.24, 2.45) is 0 Å². The second-order valence-corrected chi connectivity index (χ2v) is 6.70. The largest absolute Gasteiger partial charge is 0.416 e. The second-order valence-electron chi connectivity index (χ2n) is 6.70. The first-order chi connectivity index (χ1) is 13.1. The van der Waals surface area contributed by atoms with Crippen molar-refractivity contribution in [1.82, 2.24) is 4.90 Å². The molecule has 0 unspecified atom stereocenters. The van der Waals surface area contributed by atoms with E-state index >= 15 is 0 Å². The smallest absolute Gasteiger partial charge is 0.315 e. The zero-order valence-electron chi connectivity index (χ0n) is 15.6. The normalized spacial score (nSPS) is 17.8. The lowest BCUT2D eigenvalue weighted by molar-refractivity contribution is -0.137. The molecule has 2 aromatic carbocycles. The van der Waals surface area contributed by atoms with Gasteiger partial charge in [-0.05, 0) is 37.6 Å². The number of aryl methyl sites for hydroxylation is 1. The summed E-state index contributed by atoms with van der Waals surface area (Å²) in [4.78, 5) is 15.6. The van der Waals surface area contributed by atoms with Crippen LogP contribution in [0.25, 0.3) is 0 Å². The lowest BCUT2D eigenvalue weighted by Gasteiger charge is -2.40. The van der Waals surface area contributed by atoms with Crippen molar-refractivity contribution in [1.29, 1.82) is 5.26 Å². The van der Waals surface area contributed by atoms with Crippen molar-refractivity contribution >= 4 is 11.7 Å².